The van der Waals surface area contributed by atoms with Crippen LogP contribution in [-0.4, -0.2) is 18.5 Å². The largest absolute Gasteiger partial charge is 0.450 e. The van der Waals surface area contributed by atoms with Crippen molar-refractivity contribution in [2.45, 2.75) is 25.9 Å². The number of hydrogen-bond donors (Lipinski definition) is 0. The molecule has 1 aromatic carbocycles. The number of benzene rings is 1. The number of rotatable bonds is 3. The lowest BCUT2D eigenvalue weighted by molar-refractivity contribution is 0.0670. The average molecular weight is 262 g/mol. The number of fused-ring (bicyclic) bond motifs is 1. The van der Waals surface area contributed by atoms with Crippen molar-refractivity contribution >= 4 is 16.8 Å². The SMILES string of the molecule is CCC1OCCC1C(=O)c1cc2cccc(F)c2o1. The summed E-state index contributed by atoms with van der Waals surface area (Å²) in [5.74, 6) is -0.464. The van der Waals surface area contributed by atoms with Gasteiger partial charge in [-0.25, -0.2) is 4.39 Å². The van der Waals surface area contributed by atoms with Crippen molar-refractivity contribution in [3.63, 3.8) is 0 Å². The fraction of sp³-hybridized carbons (Fsp3) is 0.400. The highest BCUT2D eigenvalue weighted by atomic mass is 19.1. The zero-order chi connectivity index (χ0) is 13.4. The first-order valence-electron chi connectivity index (χ1n) is 6.54. The summed E-state index contributed by atoms with van der Waals surface area (Å²) in [4.78, 5) is 12.4. The molecule has 19 heavy (non-hydrogen) atoms. The second-order valence-corrected chi connectivity index (χ2v) is 4.85. The number of carbonyl (C=O) groups excluding carboxylic acids is 1. The van der Waals surface area contributed by atoms with Gasteiger partial charge in [-0.15, -0.1) is 0 Å². The Balaban J connectivity index is 1.95. The first-order valence-corrected chi connectivity index (χ1v) is 6.54. The number of ketones is 1. The van der Waals surface area contributed by atoms with Crippen molar-refractivity contribution in [1.29, 1.82) is 0 Å². The van der Waals surface area contributed by atoms with Gasteiger partial charge in [0.15, 0.2) is 17.2 Å². The molecule has 2 atom stereocenters. The lowest BCUT2D eigenvalue weighted by Gasteiger charge is -2.13. The van der Waals surface area contributed by atoms with Gasteiger partial charge in [0.25, 0.3) is 0 Å². The van der Waals surface area contributed by atoms with Gasteiger partial charge in [0, 0.05) is 12.0 Å². The number of furan rings is 1. The minimum atomic E-state index is -0.439. The third kappa shape index (κ3) is 2.06. The third-order valence-corrected chi connectivity index (χ3v) is 3.69. The molecule has 4 heteroatoms. The highest BCUT2D eigenvalue weighted by Gasteiger charge is 2.35. The van der Waals surface area contributed by atoms with Crippen molar-refractivity contribution in [2.75, 3.05) is 6.61 Å². The summed E-state index contributed by atoms with van der Waals surface area (Å²) in [5.41, 5.74) is 0.151. The average Bonchev–Trinajstić information content (AvgIpc) is 3.04. The Bertz CT molecular complexity index is 617. The van der Waals surface area contributed by atoms with Crippen LogP contribution in [0, 0.1) is 11.7 Å². The number of halogens is 1. The van der Waals surface area contributed by atoms with E-state index in [1.165, 1.54) is 6.07 Å². The first kappa shape index (κ1) is 12.4. The van der Waals surface area contributed by atoms with E-state index in [2.05, 4.69) is 0 Å². The Morgan fingerprint density at radius 3 is 3.05 bits per heavy atom. The maximum atomic E-state index is 13.6. The van der Waals surface area contributed by atoms with E-state index < -0.39 is 5.82 Å². The Labute approximate surface area is 110 Å². The molecule has 0 radical (unpaired) electrons. The fourth-order valence-corrected chi connectivity index (χ4v) is 2.68. The molecule has 0 aliphatic carbocycles. The molecular weight excluding hydrogens is 247 g/mol. The molecule has 2 aromatic rings. The van der Waals surface area contributed by atoms with Crippen LogP contribution >= 0.6 is 0 Å². The Morgan fingerprint density at radius 1 is 1.47 bits per heavy atom. The van der Waals surface area contributed by atoms with E-state index in [4.69, 9.17) is 9.15 Å². The number of carbonyl (C=O) groups is 1. The van der Waals surface area contributed by atoms with Crippen LogP contribution in [0.25, 0.3) is 11.0 Å². The van der Waals surface area contributed by atoms with Crippen LogP contribution in [-0.2, 0) is 4.74 Å². The first-order chi connectivity index (χ1) is 9.20. The van der Waals surface area contributed by atoms with Crippen LogP contribution < -0.4 is 0 Å². The second-order valence-electron chi connectivity index (χ2n) is 4.85. The number of hydrogen-bond acceptors (Lipinski definition) is 3. The molecule has 1 saturated heterocycles. The molecule has 0 bridgehead atoms. The van der Waals surface area contributed by atoms with E-state index in [0.717, 1.165) is 6.42 Å². The van der Waals surface area contributed by atoms with Gasteiger partial charge in [-0.2, -0.15) is 0 Å². The van der Waals surface area contributed by atoms with E-state index in [9.17, 15) is 9.18 Å². The summed E-state index contributed by atoms with van der Waals surface area (Å²) in [6.07, 6.45) is 1.45. The summed E-state index contributed by atoms with van der Waals surface area (Å²) in [6, 6.07) is 6.29. The Hall–Kier alpha value is -1.68. The van der Waals surface area contributed by atoms with Crippen LogP contribution in [0.2, 0.25) is 0 Å². The molecule has 1 aliphatic heterocycles. The van der Waals surface area contributed by atoms with Crippen molar-refractivity contribution in [3.8, 4) is 0 Å². The van der Waals surface area contributed by atoms with Crippen LogP contribution in [0.1, 0.15) is 30.3 Å². The van der Waals surface area contributed by atoms with Gasteiger partial charge in [-0.3, -0.25) is 4.79 Å². The van der Waals surface area contributed by atoms with Crippen molar-refractivity contribution in [3.05, 3.63) is 35.8 Å². The van der Waals surface area contributed by atoms with Gasteiger partial charge in [0.1, 0.15) is 0 Å². The zero-order valence-electron chi connectivity index (χ0n) is 10.7. The van der Waals surface area contributed by atoms with Crippen LogP contribution in [0.15, 0.2) is 28.7 Å². The fourth-order valence-electron chi connectivity index (χ4n) is 2.68. The molecule has 0 amide bonds. The quantitative estimate of drug-likeness (QED) is 0.794. The van der Waals surface area contributed by atoms with Crippen LogP contribution in [0.3, 0.4) is 0 Å². The van der Waals surface area contributed by atoms with Gasteiger partial charge in [-0.1, -0.05) is 19.1 Å². The molecule has 2 unspecified atom stereocenters. The molecule has 1 aliphatic rings. The van der Waals surface area contributed by atoms with Gasteiger partial charge >= 0.3 is 0 Å². The summed E-state index contributed by atoms with van der Waals surface area (Å²) in [6.45, 7) is 2.60. The molecule has 0 spiro atoms. The topological polar surface area (TPSA) is 39.4 Å². The monoisotopic (exact) mass is 262 g/mol. The van der Waals surface area contributed by atoms with Gasteiger partial charge < -0.3 is 9.15 Å². The lowest BCUT2D eigenvalue weighted by Crippen LogP contribution is -2.23. The molecule has 2 heterocycles. The molecule has 100 valence electrons. The second kappa shape index (κ2) is 4.78. The van der Waals surface area contributed by atoms with E-state index in [0.29, 0.717) is 18.4 Å². The normalized spacial score (nSPS) is 23.1. The van der Waals surface area contributed by atoms with Gasteiger partial charge in [0.05, 0.1) is 12.0 Å². The number of ether oxygens (including phenoxy) is 1. The smallest absolute Gasteiger partial charge is 0.203 e. The Kier molecular flexibility index (Phi) is 3.11. The van der Waals surface area contributed by atoms with Crippen molar-refractivity contribution < 1.29 is 18.3 Å². The summed E-state index contributed by atoms with van der Waals surface area (Å²) >= 11 is 0. The lowest BCUT2D eigenvalue weighted by atomic mass is 9.93. The van der Waals surface area contributed by atoms with Crippen molar-refractivity contribution in [2.24, 2.45) is 5.92 Å². The minimum Gasteiger partial charge on any atom is -0.450 e. The molecule has 1 aromatic heterocycles. The molecule has 1 fully saturated rings. The standard InChI is InChI=1S/C15H15FO3/c1-2-12-10(6-7-18-12)14(17)13-8-9-4-3-5-11(16)15(9)19-13/h3-5,8,10,12H,2,6-7H2,1H3. The highest BCUT2D eigenvalue weighted by Crippen LogP contribution is 2.30. The van der Waals surface area contributed by atoms with Crippen LogP contribution in [0.4, 0.5) is 4.39 Å². The van der Waals surface area contributed by atoms with Gasteiger partial charge in [0.2, 0.25) is 5.78 Å². The predicted octanol–water partition coefficient (Wildman–Crippen LogP) is 3.57. The number of Topliss-reactive ketones (excluding diaryl/α,β-unsaturated/α-hetero) is 1. The molecule has 3 rings (SSSR count). The molecule has 0 saturated carbocycles. The maximum Gasteiger partial charge on any atom is 0.203 e. The van der Waals surface area contributed by atoms with Crippen LogP contribution in [0.5, 0.6) is 0 Å². The van der Waals surface area contributed by atoms with E-state index in [1.807, 2.05) is 6.92 Å². The summed E-state index contributed by atoms with van der Waals surface area (Å²) < 4.78 is 24.5. The third-order valence-electron chi connectivity index (χ3n) is 3.69. The van der Waals surface area contributed by atoms with Gasteiger partial charge in [-0.05, 0) is 25.0 Å². The summed E-state index contributed by atoms with van der Waals surface area (Å²) in [7, 11) is 0. The molecule has 0 N–H and O–H groups in total. The highest BCUT2D eigenvalue weighted by molar-refractivity contribution is 5.99. The predicted molar refractivity (Wildman–Crippen MR) is 68.6 cm³/mol. The van der Waals surface area contributed by atoms with E-state index in [1.54, 1.807) is 18.2 Å². The summed E-state index contributed by atoms with van der Waals surface area (Å²) in [5, 5.41) is 0.621. The van der Waals surface area contributed by atoms with Crippen molar-refractivity contribution in [1.82, 2.24) is 0 Å². The zero-order valence-corrected chi connectivity index (χ0v) is 10.7. The molecule has 3 nitrogen and oxygen atoms in total. The van der Waals surface area contributed by atoms with E-state index >= 15 is 0 Å². The van der Waals surface area contributed by atoms with E-state index in [-0.39, 0.29) is 29.1 Å². The maximum absolute atomic E-state index is 13.6. The minimum absolute atomic E-state index is 0.0504. The number of para-hydroxylation sites is 1. The Morgan fingerprint density at radius 2 is 2.32 bits per heavy atom. The molecular formula is C15H15FO3.